The number of amides is 1. The van der Waals surface area contributed by atoms with E-state index in [2.05, 4.69) is 34.2 Å². The van der Waals surface area contributed by atoms with Crippen LogP contribution in [-0.4, -0.2) is 25.1 Å². The molecule has 0 fully saturated rings. The van der Waals surface area contributed by atoms with Crippen molar-refractivity contribution in [3.8, 4) is 5.75 Å². The summed E-state index contributed by atoms with van der Waals surface area (Å²) in [7, 11) is 0. The van der Waals surface area contributed by atoms with E-state index in [0.29, 0.717) is 36.6 Å². The van der Waals surface area contributed by atoms with Crippen LogP contribution < -0.4 is 10.1 Å². The number of carbonyl (C=O) groups excluding carboxylic acids is 2. The zero-order valence-electron chi connectivity index (χ0n) is 17.5. The van der Waals surface area contributed by atoms with Gasteiger partial charge >= 0.3 is 5.97 Å². The van der Waals surface area contributed by atoms with Gasteiger partial charge in [-0.15, -0.1) is 11.3 Å². The van der Waals surface area contributed by atoms with Crippen molar-refractivity contribution < 1.29 is 19.1 Å². The smallest absolute Gasteiger partial charge is 0.341 e. The zero-order chi connectivity index (χ0) is 21.5. The number of aryl methyl sites for hydroxylation is 2. The van der Waals surface area contributed by atoms with Gasteiger partial charge in [0.2, 0.25) is 5.91 Å². The molecule has 1 amide bonds. The first-order valence-electron chi connectivity index (χ1n) is 10.6. The van der Waals surface area contributed by atoms with E-state index in [4.69, 9.17) is 9.47 Å². The largest absolute Gasteiger partial charge is 0.492 e. The Bertz CT molecular complexity index is 909. The third kappa shape index (κ3) is 5.64. The molecule has 0 aliphatic heterocycles. The van der Waals surface area contributed by atoms with Crippen LogP contribution in [0.5, 0.6) is 5.75 Å². The summed E-state index contributed by atoms with van der Waals surface area (Å²) in [6.45, 7) is 4.67. The highest BCUT2D eigenvalue weighted by Crippen LogP contribution is 2.38. The Morgan fingerprint density at radius 1 is 1.20 bits per heavy atom. The van der Waals surface area contributed by atoms with Crippen LogP contribution in [0.2, 0.25) is 0 Å². The first kappa shape index (κ1) is 22.8. The van der Waals surface area contributed by atoms with E-state index in [-0.39, 0.29) is 11.9 Å². The minimum absolute atomic E-state index is 0.108. The molecular weight excluding hydrogens is 466 g/mol. The van der Waals surface area contributed by atoms with Crippen LogP contribution in [0.4, 0.5) is 5.00 Å². The first-order chi connectivity index (χ1) is 14.5. The number of hydrogen-bond donors (Lipinski definition) is 1. The Morgan fingerprint density at radius 2 is 2.00 bits per heavy atom. The van der Waals surface area contributed by atoms with E-state index in [9.17, 15) is 9.59 Å². The number of ether oxygens (including phenoxy) is 2. The molecule has 3 rings (SSSR count). The average molecular weight is 494 g/mol. The molecule has 0 atom stereocenters. The number of carbonyl (C=O) groups is 2. The van der Waals surface area contributed by atoms with Crippen LogP contribution in [0, 0.1) is 0 Å². The second kappa shape index (κ2) is 11.0. The normalized spacial score (nSPS) is 12.9. The molecule has 7 heteroatoms. The van der Waals surface area contributed by atoms with Gasteiger partial charge in [0.1, 0.15) is 10.8 Å². The Kier molecular flexibility index (Phi) is 8.33. The van der Waals surface area contributed by atoms with Crippen molar-refractivity contribution in [2.24, 2.45) is 0 Å². The number of benzene rings is 1. The lowest BCUT2D eigenvalue weighted by molar-refractivity contribution is -0.116. The van der Waals surface area contributed by atoms with Gasteiger partial charge in [-0.1, -0.05) is 13.0 Å². The molecule has 1 heterocycles. The van der Waals surface area contributed by atoms with Crippen LogP contribution >= 0.6 is 27.3 Å². The molecule has 0 bridgehead atoms. The van der Waals surface area contributed by atoms with Crippen LogP contribution in [0.1, 0.15) is 65.9 Å². The molecular formula is C23H28BrNO4S. The lowest BCUT2D eigenvalue weighted by atomic mass is 9.95. The topological polar surface area (TPSA) is 64.6 Å². The number of fused-ring (bicyclic) bond motifs is 1. The molecule has 5 nitrogen and oxygen atoms in total. The van der Waals surface area contributed by atoms with Gasteiger partial charge in [-0.2, -0.15) is 0 Å². The van der Waals surface area contributed by atoms with Crippen LogP contribution in [-0.2, 0) is 28.8 Å². The number of halogens is 1. The van der Waals surface area contributed by atoms with Gasteiger partial charge in [0.15, 0.2) is 0 Å². The maximum Gasteiger partial charge on any atom is 0.341 e. The second-order valence-corrected chi connectivity index (χ2v) is 9.21. The standard InChI is InChI=1S/C23H28BrNO4S/c1-3-15-11-12-18(17(24)14-15)29-13-7-10-20(26)25-22-21(23(27)28-4-2)16-8-5-6-9-19(16)30-22/h11-12,14H,3-10,13H2,1-2H3,(H,25,26). The Morgan fingerprint density at radius 3 is 2.73 bits per heavy atom. The van der Waals surface area contributed by atoms with Crippen molar-refractivity contribution in [2.45, 2.75) is 58.8 Å². The minimum atomic E-state index is -0.337. The number of anilines is 1. The molecule has 1 aromatic carbocycles. The van der Waals surface area contributed by atoms with Crippen LogP contribution in [0.3, 0.4) is 0 Å². The molecule has 0 unspecified atom stereocenters. The fourth-order valence-corrected chi connectivity index (χ4v) is 5.39. The summed E-state index contributed by atoms with van der Waals surface area (Å²) in [4.78, 5) is 26.2. The molecule has 1 aromatic heterocycles. The van der Waals surface area contributed by atoms with E-state index >= 15 is 0 Å². The van der Waals surface area contributed by atoms with E-state index in [1.54, 1.807) is 6.92 Å². The van der Waals surface area contributed by atoms with Gasteiger partial charge in [0.25, 0.3) is 0 Å². The molecule has 162 valence electrons. The van der Waals surface area contributed by atoms with Gasteiger partial charge in [-0.05, 0) is 84.6 Å². The lowest BCUT2D eigenvalue weighted by Gasteiger charge is -2.12. The van der Waals surface area contributed by atoms with Crippen molar-refractivity contribution in [1.29, 1.82) is 0 Å². The monoisotopic (exact) mass is 493 g/mol. The molecule has 0 spiro atoms. The molecule has 2 aromatic rings. The molecule has 30 heavy (non-hydrogen) atoms. The first-order valence-corrected chi connectivity index (χ1v) is 12.2. The van der Waals surface area contributed by atoms with Crippen molar-refractivity contribution >= 4 is 44.1 Å². The average Bonchev–Trinajstić information content (AvgIpc) is 3.10. The highest BCUT2D eigenvalue weighted by Gasteiger charge is 2.27. The van der Waals surface area contributed by atoms with E-state index in [1.165, 1.54) is 21.8 Å². The molecule has 0 saturated heterocycles. The van der Waals surface area contributed by atoms with E-state index < -0.39 is 0 Å². The van der Waals surface area contributed by atoms with E-state index in [1.807, 2.05) is 12.1 Å². The summed E-state index contributed by atoms with van der Waals surface area (Å²) in [6, 6.07) is 6.05. The predicted molar refractivity (Wildman–Crippen MR) is 124 cm³/mol. The number of nitrogens with one attached hydrogen (secondary N) is 1. The SMILES string of the molecule is CCOC(=O)c1c(NC(=O)CCCOc2ccc(CC)cc2Br)sc2c1CCCC2. The third-order valence-corrected chi connectivity index (χ3v) is 6.94. The summed E-state index contributed by atoms with van der Waals surface area (Å²) in [5, 5.41) is 3.57. The summed E-state index contributed by atoms with van der Waals surface area (Å²) < 4.78 is 12.0. The van der Waals surface area contributed by atoms with Crippen LogP contribution in [0.15, 0.2) is 22.7 Å². The van der Waals surface area contributed by atoms with Crippen molar-refractivity contribution in [3.05, 3.63) is 44.2 Å². The highest BCUT2D eigenvalue weighted by atomic mass is 79.9. The second-order valence-electron chi connectivity index (χ2n) is 7.25. The lowest BCUT2D eigenvalue weighted by Crippen LogP contribution is -2.16. The van der Waals surface area contributed by atoms with Gasteiger partial charge in [-0.3, -0.25) is 4.79 Å². The Labute approximate surface area is 190 Å². The zero-order valence-corrected chi connectivity index (χ0v) is 19.9. The van der Waals surface area contributed by atoms with Crippen molar-refractivity contribution in [2.75, 3.05) is 18.5 Å². The van der Waals surface area contributed by atoms with E-state index in [0.717, 1.165) is 47.9 Å². The number of thiophene rings is 1. The molecule has 1 aliphatic carbocycles. The number of rotatable bonds is 9. The summed E-state index contributed by atoms with van der Waals surface area (Å²) in [5.41, 5.74) is 2.86. The number of hydrogen-bond acceptors (Lipinski definition) is 5. The van der Waals surface area contributed by atoms with Crippen molar-refractivity contribution in [3.63, 3.8) is 0 Å². The molecule has 0 saturated carbocycles. The molecule has 0 radical (unpaired) electrons. The Hall–Kier alpha value is -1.86. The van der Waals surface area contributed by atoms with Crippen molar-refractivity contribution in [1.82, 2.24) is 0 Å². The summed E-state index contributed by atoms with van der Waals surface area (Å²) in [5.74, 6) is 0.335. The Balaban J connectivity index is 1.56. The quantitative estimate of drug-likeness (QED) is 0.347. The molecule has 1 aliphatic rings. The number of esters is 1. The van der Waals surface area contributed by atoms with Crippen LogP contribution in [0.25, 0.3) is 0 Å². The fourth-order valence-electron chi connectivity index (χ4n) is 3.56. The highest BCUT2D eigenvalue weighted by molar-refractivity contribution is 9.10. The van der Waals surface area contributed by atoms with Gasteiger partial charge < -0.3 is 14.8 Å². The fraction of sp³-hybridized carbons (Fsp3) is 0.478. The predicted octanol–water partition coefficient (Wildman–Crippen LogP) is 5.93. The maximum atomic E-state index is 12.5. The maximum absolute atomic E-state index is 12.5. The van der Waals surface area contributed by atoms with Gasteiger partial charge in [-0.25, -0.2) is 4.79 Å². The summed E-state index contributed by atoms with van der Waals surface area (Å²) in [6.07, 6.45) is 5.91. The summed E-state index contributed by atoms with van der Waals surface area (Å²) >= 11 is 5.04. The van der Waals surface area contributed by atoms with Gasteiger partial charge in [0.05, 0.1) is 23.2 Å². The molecule has 1 N–H and O–H groups in total. The van der Waals surface area contributed by atoms with Gasteiger partial charge in [0, 0.05) is 11.3 Å². The third-order valence-electron chi connectivity index (χ3n) is 5.11. The minimum Gasteiger partial charge on any atom is -0.492 e.